The van der Waals surface area contributed by atoms with Crippen LogP contribution in [-0.4, -0.2) is 5.11 Å². The highest BCUT2D eigenvalue weighted by molar-refractivity contribution is 5.67. The largest absolute Gasteiger partial charge is 0.508 e. The molecule has 0 amide bonds. The van der Waals surface area contributed by atoms with E-state index in [0.29, 0.717) is 0 Å². The van der Waals surface area contributed by atoms with Crippen LogP contribution < -0.4 is 0 Å². The molecule has 0 saturated carbocycles. The minimum absolute atomic E-state index is 0.279. The molecule has 1 nitrogen and oxygen atoms in total. The minimum Gasteiger partial charge on any atom is -0.508 e. The highest BCUT2D eigenvalue weighted by Crippen LogP contribution is 2.45. The van der Waals surface area contributed by atoms with E-state index in [1.165, 1.54) is 22.3 Å². The van der Waals surface area contributed by atoms with Crippen molar-refractivity contribution in [1.82, 2.24) is 0 Å². The number of phenolic OH excluding ortho intramolecular Hbond substituents is 1. The smallest absolute Gasteiger partial charge is 0.115 e. The summed E-state index contributed by atoms with van der Waals surface area (Å²) in [7, 11) is 0. The van der Waals surface area contributed by atoms with Gasteiger partial charge >= 0.3 is 0 Å². The predicted molar refractivity (Wildman–Crippen MR) is 132 cm³/mol. The number of hydrogen-bond donors (Lipinski definition) is 1. The third-order valence-corrected chi connectivity index (χ3v) is 6.14. The summed E-state index contributed by atoms with van der Waals surface area (Å²) in [5.74, 6) is 0.279. The molecule has 0 aromatic heterocycles. The van der Waals surface area contributed by atoms with Crippen LogP contribution in [0, 0.1) is 0 Å². The first-order valence-corrected chi connectivity index (χ1v) is 10.8. The molecule has 5 rings (SSSR count). The average molecular weight is 413 g/mol. The maximum Gasteiger partial charge on any atom is 0.115 e. The molecule has 0 saturated heterocycles. The number of phenols is 1. The number of hydrogen-bond acceptors (Lipinski definition) is 1. The van der Waals surface area contributed by atoms with Crippen molar-refractivity contribution in [1.29, 1.82) is 0 Å². The Morgan fingerprint density at radius 3 is 1.03 bits per heavy atom. The first-order chi connectivity index (χ1) is 15.8. The molecule has 0 aliphatic heterocycles. The van der Waals surface area contributed by atoms with Crippen molar-refractivity contribution >= 4 is 0 Å². The molecule has 5 aromatic carbocycles. The minimum atomic E-state index is -0.433. The van der Waals surface area contributed by atoms with E-state index in [1.54, 1.807) is 12.1 Å². The standard InChI is InChI=1S/C31H24O/c32-30-22-18-25(19-23-30)24-16-20-29(21-17-24)31(26-10-4-1-5-11-26,27-12-6-2-7-13-27)28-14-8-3-9-15-28/h1-23,32H. The molecule has 154 valence electrons. The Kier molecular flexibility index (Phi) is 5.31. The average Bonchev–Trinajstić information content (AvgIpc) is 2.88. The second kappa shape index (κ2) is 8.56. The molecule has 0 atom stereocenters. The second-order valence-corrected chi connectivity index (χ2v) is 7.97. The molecule has 0 heterocycles. The Balaban J connectivity index is 1.76. The van der Waals surface area contributed by atoms with E-state index >= 15 is 0 Å². The van der Waals surface area contributed by atoms with Crippen molar-refractivity contribution in [3.8, 4) is 16.9 Å². The maximum atomic E-state index is 9.63. The Hall–Kier alpha value is -4.10. The fourth-order valence-electron chi connectivity index (χ4n) is 4.63. The van der Waals surface area contributed by atoms with Crippen molar-refractivity contribution in [3.05, 3.63) is 162 Å². The van der Waals surface area contributed by atoms with Crippen LogP contribution in [0.1, 0.15) is 22.3 Å². The van der Waals surface area contributed by atoms with E-state index in [-0.39, 0.29) is 5.75 Å². The third kappa shape index (κ3) is 3.48. The molecule has 0 fully saturated rings. The van der Waals surface area contributed by atoms with Gasteiger partial charge in [-0.1, -0.05) is 127 Å². The normalized spacial score (nSPS) is 11.2. The predicted octanol–water partition coefficient (Wildman–Crippen LogP) is 7.44. The van der Waals surface area contributed by atoms with Gasteiger partial charge in [0.15, 0.2) is 0 Å². The summed E-state index contributed by atoms with van der Waals surface area (Å²) >= 11 is 0. The summed E-state index contributed by atoms with van der Waals surface area (Å²) in [5, 5.41) is 9.63. The third-order valence-electron chi connectivity index (χ3n) is 6.14. The van der Waals surface area contributed by atoms with Gasteiger partial charge in [-0.2, -0.15) is 0 Å². The zero-order valence-electron chi connectivity index (χ0n) is 17.7. The van der Waals surface area contributed by atoms with Gasteiger partial charge < -0.3 is 5.11 Å². The Bertz CT molecular complexity index is 1180. The van der Waals surface area contributed by atoms with Gasteiger partial charge in [0.2, 0.25) is 0 Å². The molecule has 0 unspecified atom stereocenters. The molecule has 0 aliphatic carbocycles. The van der Waals surface area contributed by atoms with Crippen molar-refractivity contribution in [3.63, 3.8) is 0 Å². The number of aromatic hydroxyl groups is 1. The molecule has 0 spiro atoms. The molecule has 1 N–H and O–H groups in total. The fourth-order valence-corrected chi connectivity index (χ4v) is 4.63. The fraction of sp³-hybridized carbons (Fsp3) is 0.0323. The van der Waals surface area contributed by atoms with Crippen molar-refractivity contribution in [2.75, 3.05) is 0 Å². The molecular weight excluding hydrogens is 388 g/mol. The molecule has 0 aliphatic rings. The SMILES string of the molecule is Oc1ccc(-c2ccc(C(c3ccccc3)(c3ccccc3)c3ccccc3)cc2)cc1. The summed E-state index contributed by atoms with van der Waals surface area (Å²) in [5.41, 5.74) is 6.68. The molecule has 32 heavy (non-hydrogen) atoms. The molecule has 0 bridgehead atoms. The van der Waals surface area contributed by atoms with Crippen LogP contribution >= 0.6 is 0 Å². The summed E-state index contributed by atoms with van der Waals surface area (Å²) in [6.07, 6.45) is 0. The van der Waals surface area contributed by atoms with E-state index < -0.39 is 5.41 Å². The topological polar surface area (TPSA) is 20.2 Å². The van der Waals surface area contributed by atoms with E-state index in [9.17, 15) is 5.11 Å². The van der Waals surface area contributed by atoms with Crippen LogP contribution in [0.15, 0.2) is 140 Å². The van der Waals surface area contributed by atoms with Crippen molar-refractivity contribution in [2.24, 2.45) is 0 Å². The van der Waals surface area contributed by atoms with Gasteiger partial charge in [0.05, 0.1) is 5.41 Å². The van der Waals surface area contributed by atoms with E-state index in [4.69, 9.17) is 0 Å². The summed E-state index contributed by atoms with van der Waals surface area (Å²) in [4.78, 5) is 0. The molecular formula is C31H24O. The van der Waals surface area contributed by atoms with Crippen LogP contribution in [0.4, 0.5) is 0 Å². The van der Waals surface area contributed by atoms with Crippen LogP contribution in [0.25, 0.3) is 11.1 Å². The summed E-state index contributed by atoms with van der Waals surface area (Å²) < 4.78 is 0. The molecule has 5 aromatic rings. The quantitative estimate of drug-likeness (QED) is 0.297. The van der Waals surface area contributed by atoms with E-state index in [0.717, 1.165) is 11.1 Å². The van der Waals surface area contributed by atoms with Crippen LogP contribution in [0.3, 0.4) is 0 Å². The van der Waals surface area contributed by atoms with E-state index in [2.05, 4.69) is 115 Å². The number of benzene rings is 5. The Morgan fingerprint density at radius 1 is 0.344 bits per heavy atom. The second-order valence-electron chi connectivity index (χ2n) is 7.97. The summed E-state index contributed by atoms with van der Waals surface area (Å²) in [6.45, 7) is 0. The molecule has 1 heteroatoms. The Labute approximate surface area is 189 Å². The van der Waals surface area contributed by atoms with Gasteiger partial charge in [0.1, 0.15) is 5.75 Å². The first kappa shape index (κ1) is 19.8. The lowest BCUT2D eigenvalue weighted by atomic mass is 9.65. The van der Waals surface area contributed by atoms with Gasteiger partial charge in [-0.3, -0.25) is 0 Å². The van der Waals surface area contributed by atoms with Crippen molar-refractivity contribution in [2.45, 2.75) is 5.41 Å². The summed E-state index contributed by atoms with van der Waals surface area (Å²) in [6, 6.07) is 48.3. The van der Waals surface area contributed by atoms with Gasteiger partial charge in [-0.15, -0.1) is 0 Å². The Morgan fingerprint density at radius 2 is 0.656 bits per heavy atom. The van der Waals surface area contributed by atoms with Crippen LogP contribution in [0.5, 0.6) is 5.75 Å². The maximum absolute atomic E-state index is 9.63. The lowest BCUT2D eigenvalue weighted by molar-refractivity contribution is 0.475. The van der Waals surface area contributed by atoms with Gasteiger partial charge in [0.25, 0.3) is 0 Å². The zero-order chi connectivity index (χ0) is 21.8. The van der Waals surface area contributed by atoms with Crippen molar-refractivity contribution < 1.29 is 5.11 Å². The van der Waals surface area contributed by atoms with Gasteiger partial charge in [0, 0.05) is 0 Å². The number of rotatable bonds is 5. The van der Waals surface area contributed by atoms with Crippen LogP contribution in [-0.2, 0) is 5.41 Å². The van der Waals surface area contributed by atoms with Gasteiger partial charge in [-0.05, 0) is 45.5 Å². The highest BCUT2D eigenvalue weighted by atomic mass is 16.3. The van der Waals surface area contributed by atoms with Gasteiger partial charge in [-0.25, -0.2) is 0 Å². The lowest BCUT2D eigenvalue weighted by Gasteiger charge is -2.37. The van der Waals surface area contributed by atoms with E-state index in [1.807, 2.05) is 12.1 Å². The lowest BCUT2D eigenvalue weighted by Crippen LogP contribution is -2.30. The molecule has 0 radical (unpaired) electrons. The van der Waals surface area contributed by atoms with Crippen LogP contribution in [0.2, 0.25) is 0 Å². The first-order valence-electron chi connectivity index (χ1n) is 10.8. The zero-order valence-corrected chi connectivity index (χ0v) is 17.7. The highest BCUT2D eigenvalue weighted by Gasteiger charge is 2.38. The monoisotopic (exact) mass is 412 g/mol.